The fourth-order valence-corrected chi connectivity index (χ4v) is 3.14. The maximum absolute atomic E-state index is 13.2. The Morgan fingerprint density at radius 2 is 2.27 bits per heavy atom. The van der Waals surface area contributed by atoms with Crippen LogP contribution < -0.4 is 0 Å². The number of hydrogen-bond donors (Lipinski definition) is 0. The standard InChI is InChI=1S/C18H27FN2O/c1-14(7-8-16-5-4-6-18(19)11-16)20(3)12-17-9-10-21(13-17)15(2)22/h4-6,11,14,17H,7-10,12-13H2,1-3H3/t14-,17+/m1/s1. The van der Waals surface area contributed by atoms with Gasteiger partial charge in [-0.2, -0.15) is 0 Å². The van der Waals surface area contributed by atoms with E-state index in [9.17, 15) is 9.18 Å². The normalized spacial score (nSPS) is 19.7. The number of aryl methyl sites for hydroxylation is 1. The molecule has 0 unspecified atom stereocenters. The average molecular weight is 306 g/mol. The highest BCUT2D eigenvalue weighted by Crippen LogP contribution is 2.19. The van der Waals surface area contributed by atoms with Gasteiger partial charge in [-0.1, -0.05) is 12.1 Å². The minimum absolute atomic E-state index is 0.159. The van der Waals surface area contributed by atoms with E-state index in [0.29, 0.717) is 12.0 Å². The van der Waals surface area contributed by atoms with E-state index in [-0.39, 0.29) is 11.7 Å². The Labute approximate surface area is 133 Å². The zero-order valence-corrected chi connectivity index (χ0v) is 13.9. The summed E-state index contributed by atoms with van der Waals surface area (Å²) in [5.41, 5.74) is 1.06. The first kappa shape index (κ1) is 16.9. The molecule has 4 heteroatoms. The van der Waals surface area contributed by atoms with Crippen molar-refractivity contribution >= 4 is 5.91 Å². The van der Waals surface area contributed by atoms with E-state index in [0.717, 1.165) is 44.5 Å². The fraction of sp³-hybridized carbons (Fsp3) is 0.611. The number of hydrogen-bond acceptors (Lipinski definition) is 2. The van der Waals surface area contributed by atoms with Crippen LogP contribution >= 0.6 is 0 Å². The topological polar surface area (TPSA) is 23.6 Å². The van der Waals surface area contributed by atoms with Crippen LogP contribution in [0.5, 0.6) is 0 Å². The molecule has 0 N–H and O–H groups in total. The number of halogens is 1. The SMILES string of the molecule is CC(=O)N1CC[C@@H](CN(C)[C@H](C)CCc2cccc(F)c2)C1. The lowest BCUT2D eigenvalue weighted by atomic mass is 10.0. The first-order valence-electron chi connectivity index (χ1n) is 8.16. The monoisotopic (exact) mass is 306 g/mol. The quantitative estimate of drug-likeness (QED) is 0.807. The molecule has 2 atom stereocenters. The van der Waals surface area contributed by atoms with Crippen molar-refractivity contribution in [1.82, 2.24) is 9.80 Å². The van der Waals surface area contributed by atoms with Gasteiger partial charge in [0.2, 0.25) is 5.91 Å². The van der Waals surface area contributed by atoms with Crippen LogP contribution in [0.25, 0.3) is 0 Å². The number of benzene rings is 1. The first-order valence-corrected chi connectivity index (χ1v) is 8.16. The largest absolute Gasteiger partial charge is 0.343 e. The lowest BCUT2D eigenvalue weighted by Gasteiger charge is -2.27. The van der Waals surface area contributed by atoms with Crippen LogP contribution in [-0.2, 0) is 11.2 Å². The molecule has 0 bridgehead atoms. The summed E-state index contributed by atoms with van der Waals surface area (Å²) in [6, 6.07) is 7.31. The molecule has 1 aromatic carbocycles. The summed E-state index contributed by atoms with van der Waals surface area (Å²) in [5.74, 6) is 0.601. The van der Waals surface area contributed by atoms with Crippen LogP contribution in [0.2, 0.25) is 0 Å². The maximum atomic E-state index is 13.2. The van der Waals surface area contributed by atoms with E-state index >= 15 is 0 Å². The summed E-state index contributed by atoms with van der Waals surface area (Å²) in [6.07, 6.45) is 3.01. The summed E-state index contributed by atoms with van der Waals surface area (Å²) < 4.78 is 13.2. The minimum atomic E-state index is -0.159. The minimum Gasteiger partial charge on any atom is -0.343 e. The Hall–Kier alpha value is -1.42. The van der Waals surface area contributed by atoms with Crippen molar-refractivity contribution < 1.29 is 9.18 Å². The molecule has 122 valence electrons. The number of amides is 1. The maximum Gasteiger partial charge on any atom is 0.219 e. The lowest BCUT2D eigenvalue weighted by molar-refractivity contribution is -0.127. The fourth-order valence-electron chi connectivity index (χ4n) is 3.14. The van der Waals surface area contributed by atoms with Crippen molar-refractivity contribution in [2.75, 3.05) is 26.7 Å². The van der Waals surface area contributed by atoms with Crippen LogP contribution in [0.15, 0.2) is 24.3 Å². The molecule has 1 aromatic rings. The highest BCUT2D eigenvalue weighted by Gasteiger charge is 2.25. The van der Waals surface area contributed by atoms with Crippen molar-refractivity contribution in [3.05, 3.63) is 35.6 Å². The van der Waals surface area contributed by atoms with Gasteiger partial charge in [-0.05, 0) is 56.8 Å². The molecule has 1 saturated heterocycles. The van der Waals surface area contributed by atoms with Gasteiger partial charge in [0, 0.05) is 32.6 Å². The van der Waals surface area contributed by atoms with E-state index in [1.165, 1.54) is 6.07 Å². The van der Waals surface area contributed by atoms with Gasteiger partial charge in [-0.15, -0.1) is 0 Å². The predicted molar refractivity (Wildman–Crippen MR) is 87.2 cm³/mol. The molecule has 1 fully saturated rings. The van der Waals surface area contributed by atoms with Crippen molar-refractivity contribution in [1.29, 1.82) is 0 Å². The lowest BCUT2D eigenvalue weighted by Crippen LogP contribution is -2.35. The van der Waals surface area contributed by atoms with Gasteiger partial charge in [0.25, 0.3) is 0 Å². The smallest absolute Gasteiger partial charge is 0.219 e. The van der Waals surface area contributed by atoms with Gasteiger partial charge < -0.3 is 9.80 Å². The number of likely N-dealkylation sites (tertiary alicyclic amines) is 1. The van der Waals surface area contributed by atoms with E-state index < -0.39 is 0 Å². The summed E-state index contributed by atoms with van der Waals surface area (Å²) in [4.78, 5) is 15.7. The third-order valence-corrected chi connectivity index (χ3v) is 4.77. The Kier molecular flexibility index (Phi) is 5.95. The molecule has 0 saturated carbocycles. The Morgan fingerprint density at radius 1 is 1.50 bits per heavy atom. The predicted octanol–water partition coefficient (Wildman–Crippen LogP) is 2.95. The van der Waals surface area contributed by atoms with E-state index in [2.05, 4.69) is 18.9 Å². The second-order valence-electron chi connectivity index (χ2n) is 6.58. The molecular formula is C18H27FN2O. The molecule has 1 amide bonds. The molecular weight excluding hydrogens is 279 g/mol. The van der Waals surface area contributed by atoms with Crippen LogP contribution in [0.3, 0.4) is 0 Å². The van der Waals surface area contributed by atoms with Crippen LogP contribution in [0, 0.1) is 11.7 Å². The van der Waals surface area contributed by atoms with Crippen molar-refractivity contribution in [3.63, 3.8) is 0 Å². The number of carbonyl (C=O) groups is 1. The molecule has 0 aromatic heterocycles. The summed E-state index contributed by atoms with van der Waals surface area (Å²) in [5, 5.41) is 0. The number of nitrogens with zero attached hydrogens (tertiary/aromatic N) is 2. The van der Waals surface area contributed by atoms with Gasteiger partial charge in [-0.3, -0.25) is 4.79 Å². The summed E-state index contributed by atoms with van der Waals surface area (Å²) >= 11 is 0. The second-order valence-corrected chi connectivity index (χ2v) is 6.58. The summed E-state index contributed by atoms with van der Waals surface area (Å²) in [6.45, 7) is 6.67. The molecule has 0 spiro atoms. The van der Waals surface area contributed by atoms with E-state index in [4.69, 9.17) is 0 Å². The number of rotatable bonds is 6. The Bertz CT molecular complexity index is 506. The molecule has 2 rings (SSSR count). The third kappa shape index (κ3) is 4.80. The first-order chi connectivity index (χ1) is 10.5. The zero-order valence-electron chi connectivity index (χ0n) is 13.9. The van der Waals surface area contributed by atoms with Gasteiger partial charge >= 0.3 is 0 Å². The average Bonchev–Trinajstić information content (AvgIpc) is 2.93. The van der Waals surface area contributed by atoms with Gasteiger partial charge in [0.15, 0.2) is 0 Å². The van der Waals surface area contributed by atoms with Crippen molar-refractivity contribution in [2.24, 2.45) is 5.92 Å². The Balaban J connectivity index is 1.75. The molecule has 22 heavy (non-hydrogen) atoms. The van der Waals surface area contributed by atoms with Crippen LogP contribution in [0.4, 0.5) is 4.39 Å². The molecule has 1 aliphatic rings. The highest BCUT2D eigenvalue weighted by atomic mass is 19.1. The highest BCUT2D eigenvalue weighted by molar-refractivity contribution is 5.73. The second kappa shape index (κ2) is 7.73. The molecule has 0 radical (unpaired) electrons. The van der Waals surface area contributed by atoms with Crippen LogP contribution in [-0.4, -0.2) is 48.4 Å². The molecule has 1 heterocycles. The van der Waals surface area contributed by atoms with Gasteiger partial charge in [-0.25, -0.2) is 4.39 Å². The van der Waals surface area contributed by atoms with E-state index in [1.54, 1.807) is 19.1 Å². The van der Waals surface area contributed by atoms with E-state index in [1.807, 2.05) is 11.0 Å². The van der Waals surface area contributed by atoms with Gasteiger partial charge in [0.1, 0.15) is 5.82 Å². The van der Waals surface area contributed by atoms with Crippen LogP contribution in [0.1, 0.15) is 32.3 Å². The molecule has 3 nitrogen and oxygen atoms in total. The molecule has 1 aliphatic heterocycles. The summed E-state index contributed by atoms with van der Waals surface area (Å²) in [7, 11) is 2.15. The van der Waals surface area contributed by atoms with Crippen molar-refractivity contribution in [3.8, 4) is 0 Å². The van der Waals surface area contributed by atoms with Gasteiger partial charge in [0.05, 0.1) is 0 Å². The van der Waals surface area contributed by atoms with Crippen molar-refractivity contribution in [2.45, 2.75) is 39.2 Å². The Morgan fingerprint density at radius 3 is 2.91 bits per heavy atom. The third-order valence-electron chi connectivity index (χ3n) is 4.77. The number of carbonyl (C=O) groups excluding carboxylic acids is 1. The zero-order chi connectivity index (χ0) is 16.1. The molecule has 0 aliphatic carbocycles.